The second-order valence-electron chi connectivity index (χ2n) is 3.38. The number of aryl methyl sites for hydroxylation is 1. The lowest BCUT2D eigenvalue weighted by atomic mass is 10.0. The summed E-state index contributed by atoms with van der Waals surface area (Å²) in [5.41, 5.74) is 1.33. The first kappa shape index (κ1) is 11.5. The Morgan fingerprint density at radius 1 is 1.33 bits per heavy atom. The van der Waals surface area contributed by atoms with Crippen molar-refractivity contribution in [3.8, 4) is 0 Å². The number of carbonyl (C=O) groups is 1. The Morgan fingerprint density at radius 2 is 2.07 bits per heavy atom. The second kappa shape index (κ2) is 6.02. The molecular formula is C13H16O2. The molecule has 0 aromatic heterocycles. The highest BCUT2D eigenvalue weighted by atomic mass is 16.4. The number of allylic oxidation sites excluding steroid dienone is 2. The minimum Gasteiger partial charge on any atom is -0.478 e. The topological polar surface area (TPSA) is 37.3 Å². The third-order valence-corrected chi connectivity index (χ3v) is 2.23. The van der Waals surface area contributed by atoms with Gasteiger partial charge in [0.1, 0.15) is 0 Å². The van der Waals surface area contributed by atoms with E-state index in [0.717, 1.165) is 24.8 Å². The molecule has 0 aliphatic heterocycles. The molecule has 0 radical (unpaired) electrons. The molecular weight excluding hydrogens is 188 g/mol. The molecule has 1 rings (SSSR count). The Kier molecular flexibility index (Phi) is 4.61. The maximum atomic E-state index is 10.9. The predicted molar refractivity (Wildman–Crippen MR) is 61.2 cm³/mol. The van der Waals surface area contributed by atoms with Crippen LogP contribution in [0.5, 0.6) is 0 Å². The van der Waals surface area contributed by atoms with E-state index < -0.39 is 5.97 Å². The lowest BCUT2D eigenvalue weighted by Gasteiger charge is -2.03. The molecule has 2 heteroatoms. The average molecular weight is 204 g/mol. The van der Waals surface area contributed by atoms with Crippen molar-refractivity contribution < 1.29 is 9.90 Å². The van der Waals surface area contributed by atoms with E-state index in [0.29, 0.717) is 5.56 Å². The highest BCUT2D eigenvalue weighted by Gasteiger charge is 2.07. The molecule has 0 unspecified atom stereocenters. The van der Waals surface area contributed by atoms with Crippen molar-refractivity contribution in [1.82, 2.24) is 0 Å². The number of carboxylic acid groups (broad SMARTS) is 1. The molecule has 0 spiro atoms. The van der Waals surface area contributed by atoms with Gasteiger partial charge in [-0.1, -0.05) is 37.3 Å². The first-order valence-electron chi connectivity index (χ1n) is 5.22. The number of hydrogen-bond acceptors (Lipinski definition) is 1. The normalized spacial score (nSPS) is 10.7. The molecule has 1 aromatic carbocycles. The van der Waals surface area contributed by atoms with Crippen LogP contribution >= 0.6 is 0 Å². The predicted octanol–water partition coefficient (Wildman–Crippen LogP) is 3.28. The van der Waals surface area contributed by atoms with Gasteiger partial charge in [-0.3, -0.25) is 0 Å². The number of aromatic carboxylic acids is 1. The first-order valence-corrected chi connectivity index (χ1v) is 5.22. The summed E-state index contributed by atoms with van der Waals surface area (Å²) < 4.78 is 0. The van der Waals surface area contributed by atoms with Crippen molar-refractivity contribution in [2.75, 3.05) is 0 Å². The third-order valence-electron chi connectivity index (χ3n) is 2.23. The van der Waals surface area contributed by atoms with Gasteiger partial charge in [-0.05, 0) is 30.9 Å². The summed E-state index contributed by atoms with van der Waals surface area (Å²) in [6, 6.07) is 7.17. The van der Waals surface area contributed by atoms with Crippen LogP contribution in [0.4, 0.5) is 0 Å². The highest BCUT2D eigenvalue weighted by molar-refractivity contribution is 5.89. The summed E-state index contributed by atoms with van der Waals surface area (Å²) in [6.45, 7) is 2.09. The Bertz CT molecular complexity index is 353. The molecule has 0 bridgehead atoms. The van der Waals surface area contributed by atoms with Crippen LogP contribution in [0.2, 0.25) is 0 Å². The highest BCUT2D eigenvalue weighted by Crippen LogP contribution is 2.11. The van der Waals surface area contributed by atoms with Gasteiger partial charge in [-0.2, -0.15) is 0 Å². The molecule has 1 N–H and O–H groups in total. The zero-order valence-electron chi connectivity index (χ0n) is 8.94. The molecule has 0 aliphatic carbocycles. The summed E-state index contributed by atoms with van der Waals surface area (Å²) in [5.74, 6) is -0.843. The Balaban J connectivity index is 2.67. The molecule has 0 aliphatic rings. The second-order valence-corrected chi connectivity index (χ2v) is 3.38. The minimum atomic E-state index is -0.843. The van der Waals surface area contributed by atoms with Crippen LogP contribution in [0.25, 0.3) is 0 Å². The van der Waals surface area contributed by atoms with E-state index in [4.69, 9.17) is 5.11 Å². The fourth-order valence-corrected chi connectivity index (χ4v) is 1.47. The molecule has 0 heterocycles. The van der Waals surface area contributed by atoms with Crippen LogP contribution < -0.4 is 0 Å². The number of carboxylic acids is 1. The van der Waals surface area contributed by atoms with Gasteiger partial charge in [-0.25, -0.2) is 4.79 Å². The van der Waals surface area contributed by atoms with Gasteiger partial charge in [0, 0.05) is 0 Å². The summed E-state index contributed by atoms with van der Waals surface area (Å²) >= 11 is 0. The molecule has 0 saturated heterocycles. The van der Waals surface area contributed by atoms with Crippen LogP contribution in [-0.4, -0.2) is 11.1 Å². The number of benzene rings is 1. The summed E-state index contributed by atoms with van der Waals surface area (Å²) in [7, 11) is 0. The van der Waals surface area contributed by atoms with Gasteiger partial charge in [-0.15, -0.1) is 0 Å². The number of rotatable bonds is 5. The van der Waals surface area contributed by atoms with Gasteiger partial charge in [0.25, 0.3) is 0 Å². The summed E-state index contributed by atoms with van der Waals surface area (Å²) in [4.78, 5) is 10.9. The summed E-state index contributed by atoms with van der Waals surface area (Å²) in [5, 5.41) is 8.95. The molecule has 0 saturated carbocycles. The molecule has 0 amide bonds. The van der Waals surface area contributed by atoms with E-state index in [2.05, 4.69) is 19.1 Å². The van der Waals surface area contributed by atoms with Crippen molar-refractivity contribution in [2.24, 2.45) is 0 Å². The minimum absolute atomic E-state index is 0.419. The Morgan fingerprint density at radius 3 is 2.73 bits per heavy atom. The van der Waals surface area contributed by atoms with E-state index >= 15 is 0 Å². The maximum absolute atomic E-state index is 10.9. The average Bonchev–Trinajstić information content (AvgIpc) is 2.25. The van der Waals surface area contributed by atoms with Gasteiger partial charge < -0.3 is 5.11 Å². The van der Waals surface area contributed by atoms with E-state index in [-0.39, 0.29) is 0 Å². The van der Waals surface area contributed by atoms with Crippen LogP contribution in [0.1, 0.15) is 35.7 Å². The maximum Gasteiger partial charge on any atom is 0.335 e. The largest absolute Gasteiger partial charge is 0.478 e. The molecule has 80 valence electrons. The lowest BCUT2D eigenvalue weighted by molar-refractivity contribution is 0.0695. The zero-order valence-corrected chi connectivity index (χ0v) is 8.94. The van der Waals surface area contributed by atoms with E-state index in [1.54, 1.807) is 12.1 Å². The molecule has 2 nitrogen and oxygen atoms in total. The first-order chi connectivity index (χ1) is 7.25. The zero-order chi connectivity index (χ0) is 11.1. The van der Waals surface area contributed by atoms with Gasteiger partial charge in [0.05, 0.1) is 5.56 Å². The molecule has 0 fully saturated rings. The Hall–Kier alpha value is -1.57. The standard InChI is InChI=1S/C13H16O2/c1-2-3-4-5-8-11-9-6-7-10-12(11)13(14)15/h3-4,6-7,9-10H,2,5,8H2,1H3,(H,14,15). The van der Waals surface area contributed by atoms with Gasteiger partial charge in [0.2, 0.25) is 0 Å². The summed E-state index contributed by atoms with van der Waals surface area (Å²) in [6.07, 6.45) is 6.92. The van der Waals surface area contributed by atoms with Gasteiger partial charge in [0.15, 0.2) is 0 Å². The smallest absolute Gasteiger partial charge is 0.335 e. The quantitative estimate of drug-likeness (QED) is 0.747. The van der Waals surface area contributed by atoms with Crippen LogP contribution in [0.15, 0.2) is 36.4 Å². The van der Waals surface area contributed by atoms with E-state index in [1.807, 2.05) is 12.1 Å². The lowest BCUT2D eigenvalue weighted by Crippen LogP contribution is -2.01. The van der Waals surface area contributed by atoms with Crippen LogP contribution in [0, 0.1) is 0 Å². The van der Waals surface area contributed by atoms with E-state index in [9.17, 15) is 4.79 Å². The van der Waals surface area contributed by atoms with Crippen molar-refractivity contribution in [1.29, 1.82) is 0 Å². The fourth-order valence-electron chi connectivity index (χ4n) is 1.47. The molecule has 15 heavy (non-hydrogen) atoms. The van der Waals surface area contributed by atoms with Gasteiger partial charge >= 0.3 is 5.97 Å². The van der Waals surface area contributed by atoms with Crippen LogP contribution in [0.3, 0.4) is 0 Å². The number of hydrogen-bond donors (Lipinski definition) is 1. The SMILES string of the molecule is CCC=CCCc1ccccc1C(=O)O. The molecule has 1 aromatic rings. The van der Waals surface area contributed by atoms with Crippen molar-refractivity contribution in [2.45, 2.75) is 26.2 Å². The van der Waals surface area contributed by atoms with Crippen molar-refractivity contribution in [3.63, 3.8) is 0 Å². The fraction of sp³-hybridized carbons (Fsp3) is 0.308. The van der Waals surface area contributed by atoms with Crippen molar-refractivity contribution in [3.05, 3.63) is 47.5 Å². The monoisotopic (exact) mass is 204 g/mol. The third kappa shape index (κ3) is 3.58. The van der Waals surface area contributed by atoms with Crippen LogP contribution in [-0.2, 0) is 6.42 Å². The Labute approximate surface area is 90.3 Å². The molecule has 0 atom stereocenters. The van der Waals surface area contributed by atoms with Crippen molar-refractivity contribution >= 4 is 5.97 Å². The van der Waals surface area contributed by atoms with E-state index in [1.165, 1.54) is 0 Å².